The van der Waals surface area contributed by atoms with Crippen molar-refractivity contribution in [3.05, 3.63) is 12.2 Å². The van der Waals surface area contributed by atoms with E-state index in [1.165, 1.54) is 4.90 Å². The number of nitrogens with zero attached hydrogens (tertiary/aromatic N) is 1. The summed E-state index contributed by atoms with van der Waals surface area (Å²) in [6, 6.07) is 0.901. The molecule has 1 aliphatic carbocycles. The number of hydrogen-bond acceptors (Lipinski definition) is 2. The quantitative estimate of drug-likeness (QED) is 0.771. The van der Waals surface area contributed by atoms with Crippen LogP contribution in [-0.4, -0.2) is 42.8 Å². The predicted octanol–water partition coefficient (Wildman–Crippen LogP) is 2.32. The third-order valence-electron chi connectivity index (χ3n) is 3.47. The Labute approximate surface area is 99.9 Å². The molecule has 5 heteroatoms. The van der Waals surface area contributed by atoms with Crippen LogP contribution in [-0.2, 0) is 0 Å². The average molecular weight is 248 g/mol. The van der Waals surface area contributed by atoms with Gasteiger partial charge < -0.3 is 5.32 Å². The van der Waals surface area contributed by atoms with Crippen molar-refractivity contribution in [2.75, 3.05) is 19.6 Å². The van der Waals surface area contributed by atoms with E-state index in [4.69, 9.17) is 0 Å². The molecule has 2 nitrogen and oxygen atoms in total. The molecule has 17 heavy (non-hydrogen) atoms. The number of halogens is 3. The summed E-state index contributed by atoms with van der Waals surface area (Å²) in [5, 5.41) is 3.53. The Kier molecular flexibility index (Phi) is 4.09. The molecule has 1 aliphatic heterocycles. The van der Waals surface area contributed by atoms with E-state index >= 15 is 0 Å². The highest BCUT2D eigenvalue weighted by atomic mass is 19.4. The highest BCUT2D eigenvalue weighted by Gasteiger charge is 2.32. The Hall–Kier alpha value is -0.550. The lowest BCUT2D eigenvalue weighted by atomic mass is 10.0. The maximum absolute atomic E-state index is 12.2. The van der Waals surface area contributed by atoms with Gasteiger partial charge in [0.25, 0.3) is 0 Å². The van der Waals surface area contributed by atoms with Gasteiger partial charge in [-0.1, -0.05) is 12.2 Å². The molecule has 0 aromatic carbocycles. The normalized spacial score (nSPS) is 24.6. The molecule has 0 bridgehead atoms. The molecular weight excluding hydrogens is 229 g/mol. The Morgan fingerprint density at radius 2 is 1.65 bits per heavy atom. The lowest BCUT2D eigenvalue weighted by Crippen LogP contribution is -2.47. The minimum Gasteiger partial charge on any atom is -0.311 e. The van der Waals surface area contributed by atoms with Crippen LogP contribution in [0.4, 0.5) is 13.2 Å². The monoisotopic (exact) mass is 248 g/mol. The zero-order valence-corrected chi connectivity index (χ0v) is 9.84. The van der Waals surface area contributed by atoms with E-state index in [1.54, 1.807) is 0 Å². The molecule has 0 aromatic heterocycles. The molecule has 0 aromatic rings. The number of hydrogen-bond donors (Lipinski definition) is 1. The van der Waals surface area contributed by atoms with Crippen molar-refractivity contribution in [3.8, 4) is 0 Å². The topological polar surface area (TPSA) is 15.3 Å². The van der Waals surface area contributed by atoms with Gasteiger partial charge in [0, 0.05) is 12.1 Å². The van der Waals surface area contributed by atoms with E-state index in [9.17, 15) is 13.2 Å². The molecule has 0 unspecified atom stereocenters. The molecule has 0 atom stereocenters. The van der Waals surface area contributed by atoms with Crippen LogP contribution < -0.4 is 5.32 Å². The molecule has 1 N–H and O–H groups in total. The van der Waals surface area contributed by atoms with Crippen LogP contribution in [0.15, 0.2) is 12.2 Å². The molecule has 0 spiro atoms. The molecule has 2 aliphatic rings. The van der Waals surface area contributed by atoms with Gasteiger partial charge in [-0.25, -0.2) is 0 Å². The number of piperidine rings is 1. The summed E-state index contributed by atoms with van der Waals surface area (Å²) in [6.07, 6.45) is 4.03. The van der Waals surface area contributed by atoms with E-state index < -0.39 is 12.7 Å². The molecule has 1 saturated heterocycles. The first-order valence-corrected chi connectivity index (χ1v) is 6.23. The van der Waals surface area contributed by atoms with Crippen LogP contribution in [0.1, 0.15) is 25.7 Å². The second kappa shape index (κ2) is 5.40. The van der Waals surface area contributed by atoms with Gasteiger partial charge in [0.05, 0.1) is 6.54 Å². The van der Waals surface area contributed by atoms with Crippen molar-refractivity contribution in [1.82, 2.24) is 10.2 Å². The van der Waals surface area contributed by atoms with Gasteiger partial charge in [0.2, 0.25) is 0 Å². The van der Waals surface area contributed by atoms with Crippen LogP contribution in [0.5, 0.6) is 0 Å². The Morgan fingerprint density at radius 3 is 2.18 bits per heavy atom. The third kappa shape index (κ3) is 4.32. The molecular formula is C12H19F3N2. The maximum Gasteiger partial charge on any atom is 0.401 e. The van der Waals surface area contributed by atoms with E-state index in [1.807, 2.05) is 0 Å². The number of likely N-dealkylation sites (tertiary alicyclic amines) is 1. The molecule has 1 heterocycles. The van der Waals surface area contributed by atoms with Gasteiger partial charge in [-0.2, -0.15) is 13.2 Å². The van der Waals surface area contributed by atoms with E-state index in [0.717, 1.165) is 25.7 Å². The molecule has 0 amide bonds. The first-order chi connectivity index (χ1) is 8.03. The summed E-state index contributed by atoms with van der Waals surface area (Å²) in [5.74, 6) is 0. The van der Waals surface area contributed by atoms with Gasteiger partial charge >= 0.3 is 6.18 Å². The number of alkyl halides is 3. The van der Waals surface area contributed by atoms with Crippen molar-refractivity contribution in [2.24, 2.45) is 0 Å². The van der Waals surface area contributed by atoms with Gasteiger partial charge in [0.1, 0.15) is 0 Å². The van der Waals surface area contributed by atoms with E-state index in [-0.39, 0.29) is 0 Å². The second-order valence-corrected chi connectivity index (χ2v) is 4.97. The molecule has 2 rings (SSSR count). The first-order valence-electron chi connectivity index (χ1n) is 6.23. The highest BCUT2D eigenvalue weighted by molar-refractivity contribution is 4.99. The molecule has 98 valence electrons. The van der Waals surface area contributed by atoms with Crippen molar-refractivity contribution in [1.29, 1.82) is 0 Å². The summed E-state index contributed by atoms with van der Waals surface area (Å²) in [4.78, 5) is 1.51. The van der Waals surface area contributed by atoms with Crippen LogP contribution in [0.2, 0.25) is 0 Å². The Bertz CT molecular complexity index is 259. The average Bonchev–Trinajstić information content (AvgIpc) is 2.71. The predicted molar refractivity (Wildman–Crippen MR) is 60.8 cm³/mol. The fraction of sp³-hybridized carbons (Fsp3) is 0.833. The highest BCUT2D eigenvalue weighted by Crippen LogP contribution is 2.20. The summed E-state index contributed by atoms with van der Waals surface area (Å²) < 4.78 is 36.6. The fourth-order valence-electron chi connectivity index (χ4n) is 2.60. The minimum atomic E-state index is -4.06. The smallest absolute Gasteiger partial charge is 0.311 e. The van der Waals surface area contributed by atoms with Crippen LogP contribution in [0.3, 0.4) is 0 Å². The third-order valence-corrected chi connectivity index (χ3v) is 3.47. The maximum atomic E-state index is 12.2. The summed E-state index contributed by atoms with van der Waals surface area (Å²) >= 11 is 0. The number of rotatable bonds is 3. The minimum absolute atomic E-state index is 0.393. The van der Waals surface area contributed by atoms with E-state index in [2.05, 4.69) is 17.5 Å². The standard InChI is InChI=1S/C12H19F3N2/c13-12(14,15)9-17-7-5-11(6-8-17)16-10-3-1-2-4-10/h1-2,10-11,16H,3-9H2. The summed E-state index contributed by atoms with van der Waals surface area (Å²) in [6.45, 7) is 0.347. The SMILES string of the molecule is FC(F)(F)CN1CCC(NC2CC=CC2)CC1. The molecule has 1 fully saturated rings. The number of nitrogens with one attached hydrogen (secondary N) is 1. The lowest BCUT2D eigenvalue weighted by molar-refractivity contribution is -0.148. The molecule has 0 radical (unpaired) electrons. The Balaban J connectivity index is 1.67. The zero-order valence-electron chi connectivity index (χ0n) is 9.84. The summed E-state index contributed by atoms with van der Waals surface area (Å²) in [7, 11) is 0. The van der Waals surface area contributed by atoms with Crippen molar-refractivity contribution in [3.63, 3.8) is 0 Å². The largest absolute Gasteiger partial charge is 0.401 e. The first kappa shape index (κ1) is 12.9. The van der Waals surface area contributed by atoms with Gasteiger partial charge in [0.15, 0.2) is 0 Å². The fourth-order valence-corrected chi connectivity index (χ4v) is 2.60. The van der Waals surface area contributed by atoms with Gasteiger partial charge in [-0.15, -0.1) is 0 Å². The zero-order chi connectivity index (χ0) is 12.3. The van der Waals surface area contributed by atoms with Gasteiger partial charge in [-0.05, 0) is 38.8 Å². The van der Waals surface area contributed by atoms with Gasteiger partial charge in [-0.3, -0.25) is 4.90 Å². The van der Waals surface area contributed by atoms with Crippen molar-refractivity contribution in [2.45, 2.75) is 43.9 Å². The lowest BCUT2D eigenvalue weighted by Gasteiger charge is -2.34. The summed E-state index contributed by atoms with van der Waals surface area (Å²) in [5.41, 5.74) is 0. The van der Waals surface area contributed by atoms with Crippen LogP contribution in [0.25, 0.3) is 0 Å². The van der Waals surface area contributed by atoms with Crippen molar-refractivity contribution < 1.29 is 13.2 Å². The Morgan fingerprint density at radius 1 is 1.06 bits per heavy atom. The van der Waals surface area contributed by atoms with Crippen LogP contribution >= 0.6 is 0 Å². The van der Waals surface area contributed by atoms with E-state index in [0.29, 0.717) is 25.2 Å². The van der Waals surface area contributed by atoms with Crippen molar-refractivity contribution >= 4 is 0 Å². The second-order valence-electron chi connectivity index (χ2n) is 4.97. The van der Waals surface area contributed by atoms with Crippen LogP contribution in [0, 0.1) is 0 Å². The molecule has 0 saturated carbocycles.